The Hall–Kier alpha value is -1.33. The molecule has 0 amide bonds. The Morgan fingerprint density at radius 1 is 1.47 bits per heavy atom. The van der Waals surface area contributed by atoms with Crippen LogP contribution in [-0.4, -0.2) is 30.8 Å². The van der Waals surface area contributed by atoms with Gasteiger partial charge in [-0.2, -0.15) is 0 Å². The number of carbonyl (C=O) groups is 1. The monoisotopic (exact) mass is 239 g/mol. The van der Waals surface area contributed by atoms with Gasteiger partial charge in [0.25, 0.3) is 0 Å². The van der Waals surface area contributed by atoms with E-state index in [0.29, 0.717) is 18.0 Å². The molecule has 2 rings (SSSR count). The van der Waals surface area contributed by atoms with E-state index >= 15 is 0 Å². The third-order valence-electron chi connectivity index (χ3n) is 3.03. The van der Waals surface area contributed by atoms with E-state index in [9.17, 15) is 4.79 Å². The van der Waals surface area contributed by atoms with E-state index in [1.54, 1.807) is 6.07 Å². The average molecular weight is 239 g/mol. The SMILES string of the molecule is O=C(O)c1occc1CNCC1CCOCC1. The molecule has 0 atom stereocenters. The van der Waals surface area contributed by atoms with E-state index in [2.05, 4.69) is 5.32 Å². The zero-order valence-electron chi connectivity index (χ0n) is 9.65. The predicted octanol–water partition coefficient (Wildman–Crippen LogP) is 1.49. The summed E-state index contributed by atoms with van der Waals surface area (Å²) in [5.74, 6) is -0.355. The maximum atomic E-state index is 10.8. The molecular formula is C12H17NO4. The number of furan rings is 1. The summed E-state index contributed by atoms with van der Waals surface area (Å²) in [7, 11) is 0. The van der Waals surface area contributed by atoms with E-state index in [4.69, 9.17) is 14.3 Å². The number of hydrogen-bond donors (Lipinski definition) is 2. The van der Waals surface area contributed by atoms with Crippen LogP contribution in [0.1, 0.15) is 29.0 Å². The van der Waals surface area contributed by atoms with Crippen LogP contribution in [0.3, 0.4) is 0 Å². The fraction of sp³-hybridized carbons (Fsp3) is 0.583. The largest absolute Gasteiger partial charge is 0.475 e. The quantitative estimate of drug-likeness (QED) is 0.814. The van der Waals surface area contributed by atoms with Gasteiger partial charge in [-0.05, 0) is 31.4 Å². The summed E-state index contributed by atoms with van der Waals surface area (Å²) >= 11 is 0. The maximum absolute atomic E-state index is 10.8. The van der Waals surface area contributed by atoms with Gasteiger partial charge < -0.3 is 19.6 Å². The number of carboxylic acid groups (broad SMARTS) is 1. The molecule has 1 fully saturated rings. The van der Waals surface area contributed by atoms with Gasteiger partial charge in [-0.3, -0.25) is 0 Å². The summed E-state index contributed by atoms with van der Waals surface area (Å²) in [6, 6.07) is 1.69. The minimum atomic E-state index is -1.02. The Kier molecular flexibility index (Phi) is 4.17. The molecule has 2 heterocycles. The molecule has 5 nitrogen and oxygen atoms in total. The van der Waals surface area contributed by atoms with E-state index in [0.717, 1.165) is 32.6 Å². The number of nitrogens with one attached hydrogen (secondary N) is 1. The number of rotatable bonds is 5. The first-order valence-corrected chi connectivity index (χ1v) is 5.85. The molecular weight excluding hydrogens is 222 g/mol. The van der Waals surface area contributed by atoms with Gasteiger partial charge in [0.1, 0.15) is 0 Å². The van der Waals surface area contributed by atoms with Gasteiger partial charge in [0.05, 0.1) is 6.26 Å². The first kappa shape index (κ1) is 12.1. The van der Waals surface area contributed by atoms with Gasteiger partial charge in [0, 0.05) is 25.3 Å². The van der Waals surface area contributed by atoms with Crippen LogP contribution in [0, 0.1) is 5.92 Å². The van der Waals surface area contributed by atoms with Crippen molar-refractivity contribution in [3.63, 3.8) is 0 Å². The number of aromatic carboxylic acids is 1. The molecule has 0 saturated carbocycles. The third kappa shape index (κ3) is 3.31. The zero-order valence-corrected chi connectivity index (χ0v) is 9.65. The van der Waals surface area contributed by atoms with Crippen LogP contribution >= 0.6 is 0 Å². The van der Waals surface area contributed by atoms with Gasteiger partial charge in [-0.15, -0.1) is 0 Å². The predicted molar refractivity (Wildman–Crippen MR) is 60.9 cm³/mol. The minimum absolute atomic E-state index is 0.0319. The summed E-state index contributed by atoms with van der Waals surface area (Å²) in [5, 5.41) is 12.1. The molecule has 1 saturated heterocycles. The summed E-state index contributed by atoms with van der Waals surface area (Å²) in [6.45, 7) is 3.10. The highest BCUT2D eigenvalue weighted by Crippen LogP contribution is 2.14. The lowest BCUT2D eigenvalue weighted by molar-refractivity contribution is 0.0656. The first-order chi connectivity index (χ1) is 8.27. The van der Waals surface area contributed by atoms with Gasteiger partial charge in [0.2, 0.25) is 5.76 Å². The molecule has 1 aromatic heterocycles. The third-order valence-corrected chi connectivity index (χ3v) is 3.03. The van der Waals surface area contributed by atoms with Crippen LogP contribution in [0.2, 0.25) is 0 Å². The van der Waals surface area contributed by atoms with Crippen LogP contribution in [0.5, 0.6) is 0 Å². The lowest BCUT2D eigenvalue weighted by Crippen LogP contribution is -2.27. The molecule has 5 heteroatoms. The van der Waals surface area contributed by atoms with Crippen LogP contribution in [0.15, 0.2) is 16.7 Å². The molecule has 0 aromatic carbocycles. The van der Waals surface area contributed by atoms with E-state index in [-0.39, 0.29) is 5.76 Å². The Balaban J connectivity index is 1.77. The number of ether oxygens (including phenoxy) is 1. The second-order valence-corrected chi connectivity index (χ2v) is 4.27. The molecule has 17 heavy (non-hydrogen) atoms. The normalized spacial score (nSPS) is 17.2. The Morgan fingerprint density at radius 3 is 2.94 bits per heavy atom. The van der Waals surface area contributed by atoms with Crippen molar-refractivity contribution in [3.05, 3.63) is 23.7 Å². The highest BCUT2D eigenvalue weighted by molar-refractivity contribution is 5.86. The second kappa shape index (κ2) is 5.84. The van der Waals surface area contributed by atoms with Crippen molar-refractivity contribution < 1.29 is 19.1 Å². The highest BCUT2D eigenvalue weighted by Gasteiger charge is 2.15. The first-order valence-electron chi connectivity index (χ1n) is 5.85. The van der Waals surface area contributed by atoms with E-state index in [1.165, 1.54) is 6.26 Å². The van der Waals surface area contributed by atoms with Crippen molar-refractivity contribution in [1.82, 2.24) is 5.32 Å². The Labute approximate surface area is 99.8 Å². The molecule has 0 bridgehead atoms. The fourth-order valence-electron chi connectivity index (χ4n) is 2.02. The Bertz CT molecular complexity index is 368. The summed E-state index contributed by atoms with van der Waals surface area (Å²) in [5.41, 5.74) is 0.699. The molecule has 0 unspecified atom stereocenters. The molecule has 0 radical (unpaired) electrons. The molecule has 94 valence electrons. The van der Waals surface area contributed by atoms with Crippen LogP contribution in [0.4, 0.5) is 0 Å². The van der Waals surface area contributed by atoms with Crippen molar-refractivity contribution in [3.8, 4) is 0 Å². The van der Waals surface area contributed by atoms with Crippen molar-refractivity contribution in [2.45, 2.75) is 19.4 Å². The lowest BCUT2D eigenvalue weighted by Gasteiger charge is -2.22. The fourth-order valence-corrected chi connectivity index (χ4v) is 2.02. The second-order valence-electron chi connectivity index (χ2n) is 4.27. The van der Waals surface area contributed by atoms with Gasteiger partial charge in [-0.1, -0.05) is 0 Å². The summed E-state index contributed by atoms with van der Waals surface area (Å²) in [6.07, 6.45) is 3.56. The number of hydrogen-bond acceptors (Lipinski definition) is 4. The standard InChI is InChI=1S/C12H17NO4/c14-12(15)11-10(3-6-17-11)8-13-7-9-1-4-16-5-2-9/h3,6,9,13H,1-2,4-5,7-8H2,(H,14,15). The average Bonchev–Trinajstić information content (AvgIpc) is 2.79. The maximum Gasteiger partial charge on any atom is 0.372 e. The van der Waals surface area contributed by atoms with E-state index in [1.807, 2.05) is 0 Å². The number of carboxylic acids is 1. The van der Waals surface area contributed by atoms with Crippen molar-refractivity contribution in [2.75, 3.05) is 19.8 Å². The van der Waals surface area contributed by atoms with Crippen molar-refractivity contribution >= 4 is 5.97 Å². The smallest absolute Gasteiger partial charge is 0.372 e. The molecule has 2 N–H and O–H groups in total. The lowest BCUT2D eigenvalue weighted by atomic mass is 10.0. The molecule has 1 aliphatic heterocycles. The van der Waals surface area contributed by atoms with Gasteiger partial charge in [-0.25, -0.2) is 4.79 Å². The van der Waals surface area contributed by atoms with Crippen molar-refractivity contribution in [2.24, 2.45) is 5.92 Å². The van der Waals surface area contributed by atoms with Gasteiger partial charge >= 0.3 is 5.97 Å². The van der Waals surface area contributed by atoms with Gasteiger partial charge in [0.15, 0.2) is 0 Å². The minimum Gasteiger partial charge on any atom is -0.475 e. The molecule has 0 aliphatic carbocycles. The molecule has 1 aliphatic rings. The molecule has 0 spiro atoms. The summed E-state index contributed by atoms with van der Waals surface area (Å²) < 4.78 is 10.2. The van der Waals surface area contributed by atoms with Crippen LogP contribution in [0.25, 0.3) is 0 Å². The van der Waals surface area contributed by atoms with Crippen LogP contribution in [-0.2, 0) is 11.3 Å². The van der Waals surface area contributed by atoms with Crippen molar-refractivity contribution in [1.29, 1.82) is 0 Å². The molecule has 1 aromatic rings. The van der Waals surface area contributed by atoms with Crippen LogP contribution < -0.4 is 5.32 Å². The highest BCUT2D eigenvalue weighted by atomic mass is 16.5. The topological polar surface area (TPSA) is 71.7 Å². The summed E-state index contributed by atoms with van der Waals surface area (Å²) in [4.78, 5) is 10.8. The zero-order chi connectivity index (χ0) is 12.1. The Morgan fingerprint density at radius 2 is 2.24 bits per heavy atom. The van der Waals surface area contributed by atoms with E-state index < -0.39 is 5.97 Å².